The van der Waals surface area contributed by atoms with E-state index >= 15 is 0 Å². The van der Waals surface area contributed by atoms with Gasteiger partial charge in [-0.15, -0.1) is 12.6 Å². The van der Waals surface area contributed by atoms with Gasteiger partial charge in [0.2, 0.25) is 0 Å². The van der Waals surface area contributed by atoms with Gasteiger partial charge in [0.15, 0.2) is 0 Å². The first-order valence-corrected chi connectivity index (χ1v) is 2.28. The lowest BCUT2D eigenvalue weighted by atomic mass is 10.8. The third-order valence-electron chi connectivity index (χ3n) is 0.278. The molecule has 0 aromatic carbocycles. The molecule has 0 radical (unpaired) electrons. The minimum absolute atomic E-state index is 0.105. The Bertz CT molecular complexity index is 28.7. The zero-order valence-electron chi connectivity index (χ0n) is 3.03. The van der Waals surface area contributed by atoms with Crippen molar-refractivity contribution in [1.29, 1.82) is 0 Å². The van der Waals surface area contributed by atoms with Crippen LogP contribution in [0.2, 0.25) is 0 Å². The van der Waals surface area contributed by atoms with Crippen LogP contribution in [0.5, 0.6) is 0 Å². The zero-order chi connectivity index (χ0) is 4.99. The van der Waals surface area contributed by atoms with E-state index in [1.165, 1.54) is 0 Å². The Morgan fingerprint density at radius 1 is 1.83 bits per heavy atom. The first-order chi connectivity index (χ1) is 2.81. The summed E-state index contributed by atoms with van der Waals surface area (Å²) in [5.41, 5.74) is -0.451. The Morgan fingerprint density at radius 2 is 2.33 bits per heavy atom. The summed E-state index contributed by atoms with van der Waals surface area (Å²) in [7, 11) is 0. The lowest BCUT2D eigenvalue weighted by Gasteiger charge is -1.97. The monoisotopic (exact) mass is 126 g/mol. The van der Waals surface area contributed by atoms with Gasteiger partial charge < -0.3 is 9.29 Å². The second kappa shape index (κ2) is 3.80. The second-order valence-corrected chi connectivity index (χ2v) is 1.53. The van der Waals surface area contributed by atoms with E-state index in [0.29, 0.717) is 0 Å². The number of hydrogen-bond acceptors (Lipinski definition) is 4. The summed E-state index contributed by atoms with van der Waals surface area (Å²) in [5.74, 6) is 0. The highest BCUT2D eigenvalue weighted by Gasteiger charge is 1.92. The van der Waals surface area contributed by atoms with Crippen molar-refractivity contribution in [3.8, 4) is 0 Å². The van der Waals surface area contributed by atoms with E-state index in [-0.39, 0.29) is 6.61 Å². The molecule has 2 nitrogen and oxygen atoms in total. The van der Waals surface area contributed by atoms with E-state index in [9.17, 15) is 0 Å². The van der Waals surface area contributed by atoms with Crippen molar-refractivity contribution in [1.82, 2.24) is 0 Å². The van der Waals surface area contributed by atoms with Gasteiger partial charge in [0.25, 0.3) is 0 Å². The van der Waals surface area contributed by atoms with Crippen LogP contribution in [0.4, 0.5) is 0 Å². The molecule has 0 aliphatic heterocycles. The third kappa shape index (κ3) is 2.84. The minimum Gasteiger partial charge on any atom is -0.393 e. The van der Waals surface area contributed by atoms with E-state index in [1.54, 1.807) is 0 Å². The molecule has 0 aliphatic rings. The molecule has 0 aromatic heterocycles. The Morgan fingerprint density at radius 3 is 2.33 bits per heavy atom. The Labute approximate surface area is 47.5 Å². The molecule has 1 unspecified atom stereocenters. The van der Waals surface area contributed by atoms with E-state index in [1.807, 2.05) is 0 Å². The van der Waals surface area contributed by atoms with Gasteiger partial charge in [-0.05, 0) is 12.9 Å². The van der Waals surface area contributed by atoms with Gasteiger partial charge in [-0.25, -0.2) is 0 Å². The van der Waals surface area contributed by atoms with Crippen molar-refractivity contribution in [3.05, 3.63) is 0 Å². The fourth-order valence-electron chi connectivity index (χ4n) is 0.0333. The van der Waals surface area contributed by atoms with Crippen LogP contribution in [-0.4, -0.2) is 17.1 Å². The van der Waals surface area contributed by atoms with Crippen molar-refractivity contribution in [2.75, 3.05) is 6.61 Å². The van der Waals surface area contributed by atoms with Crippen LogP contribution in [-0.2, 0) is 4.18 Å². The van der Waals surface area contributed by atoms with Crippen LogP contribution in [0.15, 0.2) is 0 Å². The molecule has 38 valence electrons. The van der Waals surface area contributed by atoms with Crippen LogP contribution in [0.3, 0.4) is 0 Å². The number of aliphatic hydroxyl groups is 1. The minimum atomic E-state index is -0.451. The lowest BCUT2D eigenvalue weighted by molar-refractivity contribution is 0.202. The number of hydrogen-bond donors (Lipinski definition) is 3. The predicted molar refractivity (Wildman–Crippen MR) is 29.9 cm³/mol. The summed E-state index contributed by atoms with van der Waals surface area (Å²) in [6.45, 7) is -0.105. The molecule has 6 heavy (non-hydrogen) atoms. The Balaban J connectivity index is 2.75. The standard InChI is InChI=1S/C2H6O2S2/c3-1-2(5)4-6/h2-3,5-6H,1H2. The highest BCUT2D eigenvalue weighted by molar-refractivity contribution is 7.82. The van der Waals surface area contributed by atoms with Gasteiger partial charge in [-0.2, -0.15) is 0 Å². The fourth-order valence-corrected chi connectivity index (χ4v) is 0.100. The van der Waals surface area contributed by atoms with E-state index in [0.717, 1.165) is 0 Å². The summed E-state index contributed by atoms with van der Waals surface area (Å²) < 4.78 is 4.21. The SMILES string of the molecule is OCC(S)OS. The van der Waals surface area contributed by atoms with Crippen molar-refractivity contribution in [2.45, 2.75) is 5.44 Å². The topological polar surface area (TPSA) is 29.5 Å². The maximum Gasteiger partial charge on any atom is 0.137 e. The molecule has 0 amide bonds. The summed E-state index contributed by atoms with van der Waals surface area (Å²) in [6.07, 6.45) is 0. The van der Waals surface area contributed by atoms with E-state index in [4.69, 9.17) is 5.11 Å². The molecule has 0 aliphatic carbocycles. The number of thiol groups is 2. The van der Waals surface area contributed by atoms with Crippen LogP contribution in [0, 0.1) is 0 Å². The van der Waals surface area contributed by atoms with E-state index < -0.39 is 5.44 Å². The average molecular weight is 126 g/mol. The maximum atomic E-state index is 8.08. The quantitative estimate of drug-likeness (QED) is 0.278. The third-order valence-corrected chi connectivity index (χ3v) is 0.967. The van der Waals surface area contributed by atoms with Gasteiger partial charge in [0.1, 0.15) is 5.44 Å². The molecule has 0 rings (SSSR count). The van der Waals surface area contributed by atoms with Gasteiger partial charge >= 0.3 is 0 Å². The molecule has 0 spiro atoms. The van der Waals surface area contributed by atoms with Gasteiger partial charge in [-0.1, -0.05) is 0 Å². The zero-order valence-corrected chi connectivity index (χ0v) is 4.82. The molecule has 1 atom stereocenters. The Kier molecular flexibility index (Phi) is 4.19. The molecule has 0 fully saturated rings. The van der Waals surface area contributed by atoms with Gasteiger partial charge in [0, 0.05) is 0 Å². The average Bonchev–Trinajstić information content (AvgIpc) is 1.65. The molecule has 0 saturated carbocycles. The summed E-state index contributed by atoms with van der Waals surface area (Å²) in [5, 5.41) is 8.08. The first kappa shape index (κ1) is 6.62. The molecule has 0 saturated heterocycles. The Hall–Kier alpha value is 0.620. The fraction of sp³-hybridized carbons (Fsp3) is 1.00. The highest BCUT2D eigenvalue weighted by Crippen LogP contribution is 1.95. The first-order valence-electron chi connectivity index (χ1n) is 1.40. The number of rotatable bonds is 2. The molecular formula is C2H6O2S2. The van der Waals surface area contributed by atoms with Gasteiger partial charge in [-0.3, -0.25) is 0 Å². The summed E-state index contributed by atoms with van der Waals surface area (Å²) >= 11 is 7.04. The van der Waals surface area contributed by atoms with Crippen molar-refractivity contribution >= 4 is 25.5 Å². The smallest absolute Gasteiger partial charge is 0.137 e. The second-order valence-electron chi connectivity index (χ2n) is 0.743. The summed E-state index contributed by atoms with van der Waals surface area (Å²) in [4.78, 5) is 0. The van der Waals surface area contributed by atoms with Crippen molar-refractivity contribution in [3.63, 3.8) is 0 Å². The van der Waals surface area contributed by atoms with Crippen LogP contribution in [0.1, 0.15) is 0 Å². The summed E-state index contributed by atoms with van der Waals surface area (Å²) in [6, 6.07) is 0. The largest absolute Gasteiger partial charge is 0.393 e. The highest BCUT2D eigenvalue weighted by atomic mass is 32.1. The molecule has 0 bridgehead atoms. The number of aliphatic hydroxyl groups excluding tert-OH is 1. The van der Waals surface area contributed by atoms with E-state index in [2.05, 4.69) is 29.7 Å². The molecular weight excluding hydrogens is 120 g/mol. The lowest BCUT2D eigenvalue weighted by Crippen LogP contribution is -2.02. The van der Waals surface area contributed by atoms with Gasteiger partial charge in [0.05, 0.1) is 6.61 Å². The van der Waals surface area contributed by atoms with Crippen molar-refractivity contribution in [2.24, 2.45) is 0 Å². The van der Waals surface area contributed by atoms with Crippen LogP contribution in [0.25, 0.3) is 0 Å². The maximum absolute atomic E-state index is 8.08. The van der Waals surface area contributed by atoms with Crippen molar-refractivity contribution < 1.29 is 9.29 Å². The van der Waals surface area contributed by atoms with Crippen LogP contribution < -0.4 is 0 Å². The predicted octanol–water partition coefficient (Wildman–Crippen LogP) is 0.0960. The molecule has 0 heterocycles. The molecule has 4 heteroatoms. The molecule has 0 aromatic rings. The van der Waals surface area contributed by atoms with Crippen LogP contribution >= 0.6 is 25.5 Å². The molecule has 1 N–H and O–H groups in total. The normalized spacial score (nSPS) is 14.5.